The number of carbonyl (C=O) groups is 4. The number of rotatable bonds is 3. The van der Waals surface area contributed by atoms with Crippen molar-refractivity contribution in [2.24, 2.45) is 0 Å². The lowest BCUT2D eigenvalue weighted by Gasteiger charge is -2.38. The van der Waals surface area contributed by atoms with E-state index in [2.05, 4.69) is 0 Å². The summed E-state index contributed by atoms with van der Waals surface area (Å²) in [5, 5.41) is 0. The van der Waals surface area contributed by atoms with Crippen molar-refractivity contribution in [1.82, 2.24) is 4.90 Å². The van der Waals surface area contributed by atoms with Gasteiger partial charge >= 0.3 is 12.4 Å². The molecular weight excluding hydrogens is 832 g/mol. The van der Waals surface area contributed by atoms with Gasteiger partial charge in [0.05, 0.1) is 27.9 Å². The lowest BCUT2D eigenvalue weighted by Crippen LogP contribution is -2.55. The summed E-state index contributed by atoms with van der Waals surface area (Å²) in [4.78, 5) is 53.0. The minimum absolute atomic E-state index is 0.203. The number of aryl methyl sites for hydroxylation is 2. The summed E-state index contributed by atoms with van der Waals surface area (Å²) in [5.74, 6) is -3.88. The van der Waals surface area contributed by atoms with Crippen LogP contribution >= 0.6 is 0 Å². The lowest BCUT2D eigenvalue weighted by molar-refractivity contribution is -0.288. The first-order valence-electron chi connectivity index (χ1n) is 13.6. The normalized spacial score (nSPS) is 12.4. The van der Waals surface area contributed by atoms with E-state index >= 15 is 0 Å². The molecule has 0 atom stereocenters. The van der Waals surface area contributed by atoms with Crippen LogP contribution in [0.25, 0.3) is 0 Å². The summed E-state index contributed by atoms with van der Waals surface area (Å²) in [7, 11) is 1.05. The van der Waals surface area contributed by atoms with E-state index < -0.39 is 63.7 Å². The zero-order valence-electron chi connectivity index (χ0n) is 28.1. The second kappa shape index (κ2) is 23.5. The molecule has 0 N–H and O–H groups in total. The van der Waals surface area contributed by atoms with E-state index in [9.17, 15) is 45.5 Å². The molecule has 0 unspecified atom stereocenters. The highest BCUT2D eigenvalue weighted by molar-refractivity contribution is 6.35. The molecule has 6 nitrogen and oxygen atoms in total. The molecule has 2 heterocycles. The lowest BCUT2D eigenvalue weighted by atomic mass is 9.71. The zero-order chi connectivity index (χ0) is 45.3. The van der Waals surface area contributed by atoms with Crippen LogP contribution in [0.4, 0.5) is 96.1 Å². The fourth-order valence-corrected chi connectivity index (χ4v) is 5.87. The number of hydrogen-bond donors (Lipinski definition) is 0. The van der Waals surface area contributed by atoms with Crippen LogP contribution < -0.4 is 4.90 Å². The maximum atomic E-state index is 14.9. The van der Waals surface area contributed by atoms with Gasteiger partial charge in [-0.2, -0.15) is 26.3 Å². The Labute approximate surface area is 299 Å². The number of nitrogens with zero attached hydrogens (tertiary/aromatic N) is 2. The van der Waals surface area contributed by atoms with Gasteiger partial charge in [0.15, 0.2) is 0 Å². The maximum Gasteiger partial charge on any atom is 0.411 e. The van der Waals surface area contributed by atoms with E-state index in [-0.39, 0.29) is 16.8 Å². The van der Waals surface area contributed by atoms with Crippen LogP contribution in [0.15, 0.2) is 42.5 Å². The topological polar surface area (TPSA) is 74.8 Å². The molecule has 0 aromatic heterocycles. The molecule has 2 aliphatic rings. The number of imide groups is 2. The van der Waals surface area contributed by atoms with Gasteiger partial charge in [-0.3, -0.25) is 24.1 Å². The molecule has 0 bridgehead atoms. The Morgan fingerprint density at radius 3 is 1.12 bits per heavy atom. The highest BCUT2D eigenvalue weighted by Gasteiger charge is 2.73. The van der Waals surface area contributed by atoms with Gasteiger partial charge in [0.2, 0.25) is 5.41 Å². The minimum Gasteiger partial charge on any atom is -0.277 e. The van der Waals surface area contributed by atoms with Crippen molar-refractivity contribution in [1.29, 1.82) is 0 Å². The van der Waals surface area contributed by atoms with Gasteiger partial charge in [-0.1, -0.05) is 18.2 Å². The molecule has 2 aliphatic heterocycles. The molecule has 3 aromatic carbocycles. The molecule has 5 rings (SSSR count). The molecule has 3 aromatic rings. The predicted molar refractivity (Wildman–Crippen MR) is 154 cm³/mol. The Morgan fingerprint density at radius 2 is 0.750 bits per heavy atom. The molecular formula is C30H22F20N2O4. The summed E-state index contributed by atoms with van der Waals surface area (Å²) in [5.41, 5.74) is -6.47. The SMILES string of the molecule is Cc1cc(C)c(N2C(=O)c3ccc(C(c4ccc5c(c4)C(=O)N(C)C5=O)(C(F)(F)F)C(F)(F)F)cc3C2=O)c(C)c1C.FF.FF.FF.FF.FF.FF.FF. The predicted octanol–water partition coefficient (Wildman–Crippen LogP) is 12.2. The second-order valence-corrected chi connectivity index (χ2v) is 10.5. The number of hydrogen-bond acceptors (Lipinski definition) is 4. The van der Waals surface area contributed by atoms with E-state index in [4.69, 9.17) is 64.0 Å². The Bertz CT molecular complexity index is 1770. The average Bonchev–Trinajstić information content (AvgIpc) is 3.57. The van der Waals surface area contributed by atoms with Crippen LogP contribution in [0.3, 0.4) is 0 Å². The third-order valence-electron chi connectivity index (χ3n) is 8.23. The third-order valence-corrected chi connectivity index (χ3v) is 8.23. The molecule has 0 spiro atoms. The van der Waals surface area contributed by atoms with E-state index in [0.29, 0.717) is 40.3 Å². The molecule has 26 heteroatoms. The highest BCUT2D eigenvalue weighted by atomic mass is 20.0. The smallest absolute Gasteiger partial charge is 0.277 e. The molecule has 316 valence electrons. The van der Waals surface area contributed by atoms with Crippen LogP contribution in [-0.2, 0) is 5.41 Å². The van der Waals surface area contributed by atoms with Crippen LogP contribution in [-0.4, -0.2) is 47.9 Å². The van der Waals surface area contributed by atoms with Crippen LogP contribution in [0.5, 0.6) is 0 Å². The van der Waals surface area contributed by atoms with Crippen LogP contribution in [0, 0.1) is 27.7 Å². The number of carbonyl (C=O) groups excluding carboxylic acids is 4. The van der Waals surface area contributed by atoms with Crippen molar-refractivity contribution in [3.05, 3.63) is 98.1 Å². The largest absolute Gasteiger partial charge is 0.411 e. The highest BCUT2D eigenvalue weighted by Crippen LogP contribution is 2.57. The number of alkyl halides is 6. The van der Waals surface area contributed by atoms with Crippen molar-refractivity contribution in [3.63, 3.8) is 0 Å². The Hall–Kier alpha value is -5.46. The fraction of sp³-hybridized carbons (Fsp3) is 0.267. The first-order valence-corrected chi connectivity index (χ1v) is 13.6. The first-order chi connectivity index (χ1) is 26.4. The maximum absolute atomic E-state index is 14.9. The van der Waals surface area contributed by atoms with Crippen molar-refractivity contribution in [3.8, 4) is 0 Å². The molecule has 0 radical (unpaired) electrons. The minimum atomic E-state index is -6.03. The fourth-order valence-electron chi connectivity index (χ4n) is 5.87. The van der Waals surface area contributed by atoms with E-state index in [1.165, 1.54) is 0 Å². The Balaban J connectivity index is -0.00000181. The van der Waals surface area contributed by atoms with Gasteiger partial charge in [0.1, 0.15) is 0 Å². The molecule has 0 saturated heterocycles. The average molecular weight is 854 g/mol. The van der Waals surface area contributed by atoms with E-state index in [1.807, 2.05) is 6.92 Å². The summed E-state index contributed by atoms with van der Waals surface area (Å²) >= 11 is 0. The number of amides is 4. The number of benzene rings is 3. The summed E-state index contributed by atoms with van der Waals surface area (Å²) in [6.07, 6.45) is -12.1. The summed E-state index contributed by atoms with van der Waals surface area (Å²) in [6, 6.07) is 5.11. The first kappa shape index (κ1) is 54.9. The van der Waals surface area contributed by atoms with Crippen LogP contribution in [0.2, 0.25) is 0 Å². The van der Waals surface area contributed by atoms with E-state index in [0.717, 1.165) is 35.2 Å². The standard InChI is InChI=1S/C30H22F6N2O4.7F2/c1-13-10-14(2)23(16(4)15(13)3)38-26(41)20-9-7-18(12-22(20)27(38)42)28(29(31,32)33,30(34,35)36)17-6-8-19-21(11-17)25(40)37(5)24(19)39;7*1-2/h6-12H,1-5H3;;;;;;;. The van der Waals surface area contributed by atoms with E-state index in [1.54, 1.807) is 26.8 Å². The molecule has 0 fully saturated rings. The van der Waals surface area contributed by atoms with Gasteiger partial charge < -0.3 is 0 Å². The van der Waals surface area contributed by atoms with Gasteiger partial charge in [-0.25, -0.2) is 4.90 Å². The van der Waals surface area contributed by atoms with Gasteiger partial charge in [0, 0.05) is 71.1 Å². The van der Waals surface area contributed by atoms with Crippen LogP contribution in [0.1, 0.15) is 74.8 Å². The molecule has 0 saturated carbocycles. The van der Waals surface area contributed by atoms with Crippen molar-refractivity contribution in [2.45, 2.75) is 45.5 Å². The van der Waals surface area contributed by atoms with Gasteiger partial charge in [0.25, 0.3) is 23.6 Å². The van der Waals surface area contributed by atoms with Crippen molar-refractivity contribution < 1.29 is 110 Å². The van der Waals surface area contributed by atoms with Gasteiger partial charge in [-0.15, -0.1) is 0 Å². The molecule has 56 heavy (non-hydrogen) atoms. The molecule has 4 amide bonds. The number of halogens is 20. The number of anilines is 1. The van der Waals surface area contributed by atoms with Crippen molar-refractivity contribution in [2.75, 3.05) is 11.9 Å². The van der Waals surface area contributed by atoms with Gasteiger partial charge in [-0.05, 0) is 85.3 Å². The summed E-state index contributed by atoms with van der Waals surface area (Å²) in [6.45, 7) is 6.88. The quantitative estimate of drug-likeness (QED) is 0.194. The zero-order valence-corrected chi connectivity index (χ0v) is 28.1. The number of fused-ring (bicyclic) bond motifs is 2. The third kappa shape index (κ3) is 9.66. The monoisotopic (exact) mass is 854 g/mol. The molecule has 0 aliphatic carbocycles. The summed E-state index contributed by atoms with van der Waals surface area (Å²) < 4.78 is 201. The second-order valence-electron chi connectivity index (χ2n) is 10.5. The Morgan fingerprint density at radius 1 is 0.429 bits per heavy atom. The van der Waals surface area contributed by atoms with Crippen molar-refractivity contribution >= 4 is 29.3 Å². The Kier molecular flexibility index (Phi) is 23.0.